The van der Waals surface area contributed by atoms with Gasteiger partial charge in [0.25, 0.3) is 11.8 Å². The van der Waals surface area contributed by atoms with Gasteiger partial charge >= 0.3 is 0 Å². The average Bonchev–Trinajstić information content (AvgIpc) is 3.13. The minimum absolute atomic E-state index is 0.216. The van der Waals surface area contributed by atoms with Crippen LogP contribution in [0.4, 0.5) is 5.69 Å². The zero-order valence-corrected chi connectivity index (χ0v) is 16.0. The molecule has 138 valence electrons. The summed E-state index contributed by atoms with van der Waals surface area (Å²) in [5.41, 5.74) is 1.49. The van der Waals surface area contributed by atoms with E-state index in [-0.39, 0.29) is 17.2 Å². The molecule has 0 aliphatic heterocycles. The first-order chi connectivity index (χ1) is 12.9. The van der Waals surface area contributed by atoms with Gasteiger partial charge in [-0.1, -0.05) is 23.2 Å². The maximum absolute atomic E-state index is 12.9. The van der Waals surface area contributed by atoms with Gasteiger partial charge in [0.05, 0.1) is 22.5 Å². The summed E-state index contributed by atoms with van der Waals surface area (Å²) in [6.07, 6.45) is 3.02. The number of nitrogens with one attached hydrogen (secondary N) is 2. The van der Waals surface area contributed by atoms with E-state index in [2.05, 4.69) is 20.7 Å². The second-order valence-electron chi connectivity index (χ2n) is 5.62. The van der Waals surface area contributed by atoms with Crippen molar-refractivity contribution in [3.8, 4) is 5.82 Å². The first-order valence-electron chi connectivity index (χ1n) is 7.91. The van der Waals surface area contributed by atoms with E-state index < -0.39 is 5.91 Å². The third-order valence-corrected chi connectivity index (χ3v) is 4.34. The fraction of sp³-hybridized carbons (Fsp3) is 0.111. The number of hydrogen-bond donors (Lipinski definition) is 2. The number of benzene rings is 1. The number of halogens is 2. The Kier molecular flexibility index (Phi) is 5.43. The Labute approximate surface area is 165 Å². The van der Waals surface area contributed by atoms with Crippen molar-refractivity contribution < 1.29 is 9.59 Å². The Bertz CT molecular complexity index is 1030. The molecule has 0 bridgehead atoms. The average molecular weight is 404 g/mol. The van der Waals surface area contributed by atoms with Crippen molar-refractivity contribution in [2.45, 2.75) is 6.92 Å². The normalized spacial score (nSPS) is 10.5. The standard InChI is InChI=1S/C18H15Cl2N5O2/c1-10-8-11(19)9-12(17(26)21-2)15(10)24-18(27)14-5-7-23-25(14)16-13(20)4-3-6-22-16/h3-9H,1-2H3,(H,21,26)(H,24,27). The number of aryl methyl sites for hydroxylation is 1. The molecular formula is C18H15Cl2N5O2. The van der Waals surface area contributed by atoms with Crippen molar-refractivity contribution >= 4 is 40.7 Å². The van der Waals surface area contributed by atoms with Gasteiger partial charge in [0, 0.05) is 18.3 Å². The van der Waals surface area contributed by atoms with Crippen molar-refractivity contribution in [1.82, 2.24) is 20.1 Å². The molecule has 2 aromatic heterocycles. The first-order valence-corrected chi connectivity index (χ1v) is 8.66. The molecule has 1 aromatic carbocycles. The highest BCUT2D eigenvalue weighted by Gasteiger charge is 2.20. The van der Waals surface area contributed by atoms with Gasteiger partial charge in [0.15, 0.2) is 5.82 Å². The van der Waals surface area contributed by atoms with Gasteiger partial charge in [-0.15, -0.1) is 0 Å². The summed E-state index contributed by atoms with van der Waals surface area (Å²) in [6, 6.07) is 8.03. The van der Waals surface area contributed by atoms with Crippen LogP contribution in [0.2, 0.25) is 10.0 Å². The summed E-state index contributed by atoms with van der Waals surface area (Å²) in [5.74, 6) is -0.504. The van der Waals surface area contributed by atoms with E-state index >= 15 is 0 Å². The summed E-state index contributed by atoms with van der Waals surface area (Å²) in [5, 5.41) is 10.2. The Morgan fingerprint density at radius 1 is 1.11 bits per heavy atom. The molecule has 0 aliphatic carbocycles. The van der Waals surface area contributed by atoms with Crippen molar-refractivity contribution in [2.24, 2.45) is 0 Å². The second kappa shape index (κ2) is 7.77. The van der Waals surface area contributed by atoms with Gasteiger partial charge in [-0.05, 0) is 42.8 Å². The Hall–Kier alpha value is -2.90. The number of pyridine rings is 1. The lowest BCUT2D eigenvalue weighted by Crippen LogP contribution is -2.23. The Morgan fingerprint density at radius 3 is 2.59 bits per heavy atom. The van der Waals surface area contributed by atoms with E-state index in [0.29, 0.717) is 27.1 Å². The molecular weight excluding hydrogens is 389 g/mol. The predicted octanol–water partition coefficient (Wildman–Crippen LogP) is 3.49. The smallest absolute Gasteiger partial charge is 0.274 e. The van der Waals surface area contributed by atoms with Crippen LogP contribution in [0.15, 0.2) is 42.7 Å². The second-order valence-corrected chi connectivity index (χ2v) is 6.46. The summed E-state index contributed by atoms with van der Waals surface area (Å²) in [6.45, 7) is 1.75. The van der Waals surface area contributed by atoms with Crippen LogP contribution in [0.3, 0.4) is 0 Å². The van der Waals surface area contributed by atoms with Gasteiger partial charge < -0.3 is 10.6 Å². The lowest BCUT2D eigenvalue weighted by molar-refractivity contribution is 0.0964. The highest BCUT2D eigenvalue weighted by Crippen LogP contribution is 2.27. The van der Waals surface area contributed by atoms with Crippen LogP contribution in [0.5, 0.6) is 0 Å². The molecule has 0 saturated carbocycles. The molecule has 3 rings (SSSR count). The number of carbonyl (C=O) groups is 2. The van der Waals surface area contributed by atoms with Gasteiger partial charge in [0.2, 0.25) is 0 Å². The van der Waals surface area contributed by atoms with Crippen LogP contribution >= 0.6 is 23.2 Å². The van der Waals surface area contributed by atoms with E-state index in [9.17, 15) is 9.59 Å². The molecule has 0 fully saturated rings. The lowest BCUT2D eigenvalue weighted by Gasteiger charge is -2.14. The van der Waals surface area contributed by atoms with Crippen molar-refractivity contribution in [1.29, 1.82) is 0 Å². The molecule has 2 heterocycles. The van der Waals surface area contributed by atoms with Gasteiger partial charge in [-0.3, -0.25) is 9.59 Å². The summed E-state index contributed by atoms with van der Waals surface area (Å²) in [4.78, 5) is 29.2. The van der Waals surface area contributed by atoms with Crippen LogP contribution in [-0.2, 0) is 0 Å². The number of anilines is 1. The highest BCUT2D eigenvalue weighted by molar-refractivity contribution is 6.32. The molecule has 0 unspecified atom stereocenters. The summed E-state index contributed by atoms with van der Waals surface area (Å²) >= 11 is 12.2. The predicted molar refractivity (Wildman–Crippen MR) is 104 cm³/mol. The Morgan fingerprint density at radius 2 is 1.89 bits per heavy atom. The number of amides is 2. The van der Waals surface area contributed by atoms with Crippen LogP contribution in [0, 0.1) is 6.92 Å². The molecule has 3 aromatic rings. The number of nitrogens with zero attached hydrogens (tertiary/aromatic N) is 3. The fourth-order valence-corrected chi connectivity index (χ4v) is 3.05. The van der Waals surface area contributed by atoms with E-state index in [4.69, 9.17) is 23.2 Å². The minimum atomic E-state index is -0.468. The molecule has 0 radical (unpaired) electrons. The maximum Gasteiger partial charge on any atom is 0.274 e. The van der Waals surface area contributed by atoms with Crippen LogP contribution in [0.25, 0.3) is 5.82 Å². The van der Waals surface area contributed by atoms with E-state index in [1.807, 2.05) is 0 Å². The number of aromatic nitrogens is 3. The van der Waals surface area contributed by atoms with E-state index in [0.717, 1.165) is 0 Å². The first kappa shape index (κ1) is 18.9. The van der Waals surface area contributed by atoms with Crippen molar-refractivity contribution in [3.63, 3.8) is 0 Å². The zero-order chi connectivity index (χ0) is 19.6. The topological polar surface area (TPSA) is 88.9 Å². The molecule has 9 heteroatoms. The fourth-order valence-electron chi connectivity index (χ4n) is 2.58. The van der Waals surface area contributed by atoms with E-state index in [1.54, 1.807) is 31.3 Å². The van der Waals surface area contributed by atoms with Gasteiger partial charge in [0.1, 0.15) is 5.69 Å². The maximum atomic E-state index is 12.9. The Balaban J connectivity index is 2.00. The molecule has 27 heavy (non-hydrogen) atoms. The summed E-state index contributed by atoms with van der Waals surface area (Å²) < 4.78 is 1.34. The minimum Gasteiger partial charge on any atom is -0.355 e. The van der Waals surface area contributed by atoms with Crippen LogP contribution in [-0.4, -0.2) is 33.6 Å². The van der Waals surface area contributed by atoms with Crippen molar-refractivity contribution in [2.75, 3.05) is 12.4 Å². The van der Waals surface area contributed by atoms with E-state index in [1.165, 1.54) is 30.1 Å². The molecule has 0 atom stereocenters. The third-order valence-electron chi connectivity index (χ3n) is 3.83. The molecule has 2 N–H and O–H groups in total. The zero-order valence-electron chi connectivity index (χ0n) is 14.5. The third kappa shape index (κ3) is 3.79. The van der Waals surface area contributed by atoms with Crippen molar-refractivity contribution in [3.05, 3.63) is 69.6 Å². The SMILES string of the molecule is CNC(=O)c1cc(Cl)cc(C)c1NC(=O)c1ccnn1-c1ncccc1Cl. The lowest BCUT2D eigenvalue weighted by atomic mass is 10.1. The molecule has 7 nitrogen and oxygen atoms in total. The number of rotatable bonds is 4. The molecule has 2 amide bonds. The number of carbonyl (C=O) groups excluding carboxylic acids is 2. The molecule has 0 spiro atoms. The van der Waals surface area contributed by atoms with Gasteiger partial charge in [-0.25, -0.2) is 9.67 Å². The van der Waals surface area contributed by atoms with Crippen LogP contribution in [0.1, 0.15) is 26.4 Å². The van der Waals surface area contributed by atoms with Gasteiger partial charge in [-0.2, -0.15) is 5.10 Å². The molecule has 0 saturated heterocycles. The highest BCUT2D eigenvalue weighted by atomic mass is 35.5. The number of hydrogen-bond acceptors (Lipinski definition) is 4. The molecule has 0 aliphatic rings. The van der Waals surface area contributed by atoms with Crippen LogP contribution < -0.4 is 10.6 Å². The largest absolute Gasteiger partial charge is 0.355 e. The summed E-state index contributed by atoms with van der Waals surface area (Å²) in [7, 11) is 1.50. The quantitative estimate of drug-likeness (QED) is 0.697. The monoisotopic (exact) mass is 403 g/mol.